The number of piperidine rings is 1. The van der Waals surface area contributed by atoms with E-state index in [1.807, 2.05) is 18.2 Å². The normalized spacial score (nSPS) is 16.2. The van der Waals surface area contributed by atoms with Crippen molar-refractivity contribution in [3.63, 3.8) is 0 Å². The minimum absolute atomic E-state index is 0.134. The van der Waals surface area contributed by atoms with E-state index in [0.29, 0.717) is 19.0 Å². The lowest BCUT2D eigenvalue weighted by Gasteiger charge is -2.30. The highest BCUT2D eigenvalue weighted by atomic mass is 32.1. The number of thiazole rings is 1. The van der Waals surface area contributed by atoms with Gasteiger partial charge in [0.2, 0.25) is 5.91 Å². The van der Waals surface area contributed by atoms with Crippen molar-refractivity contribution < 1.29 is 4.79 Å². The zero-order valence-electron chi connectivity index (χ0n) is 14.2. The highest BCUT2D eigenvalue weighted by Crippen LogP contribution is 2.29. The maximum atomic E-state index is 12.1. The molecular formula is C19H25N3OS. The fraction of sp³-hybridized carbons (Fsp3) is 0.474. The van der Waals surface area contributed by atoms with Crippen LogP contribution in [0.2, 0.25) is 0 Å². The molecule has 3 rings (SSSR count). The number of rotatable bonds is 6. The molecule has 1 N–H and O–H groups in total. The van der Waals surface area contributed by atoms with Crippen molar-refractivity contribution in [2.24, 2.45) is 0 Å². The van der Waals surface area contributed by atoms with Gasteiger partial charge in [-0.1, -0.05) is 30.3 Å². The van der Waals surface area contributed by atoms with E-state index in [1.54, 1.807) is 11.3 Å². The number of carbonyl (C=O) groups is 1. The lowest BCUT2D eigenvalue weighted by atomic mass is 9.97. The fourth-order valence-electron chi connectivity index (χ4n) is 3.15. The molecule has 0 spiro atoms. The van der Waals surface area contributed by atoms with Crippen LogP contribution in [-0.2, 0) is 11.2 Å². The first-order valence-corrected chi connectivity index (χ1v) is 9.53. The number of amides is 1. The molecule has 0 aliphatic carbocycles. The van der Waals surface area contributed by atoms with Gasteiger partial charge in [-0.3, -0.25) is 9.69 Å². The summed E-state index contributed by atoms with van der Waals surface area (Å²) < 4.78 is 0. The largest absolute Gasteiger partial charge is 0.355 e. The van der Waals surface area contributed by atoms with Crippen LogP contribution in [0, 0.1) is 6.92 Å². The number of carbonyl (C=O) groups excluding carboxylic acids is 1. The molecule has 2 heterocycles. The minimum atomic E-state index is 0.134. The number of nitrogens with one attached hydrogen (secondary N) is 1. The maximum Gasteiger partial charge on any atom is 0.234 e. The van der Waals surface area contributed by atoms with Crippen LogP contribution in [0.1, 0.15) is 35.0 Å². The summed E-state index contributed by atoms with van der Waals surface area (Å²) in [6, 6.07) is 10.3. The van der Waals surface area contributed by atoms with Gasteiger partial charge in [-0.2, -0.15) is 0 Å². The Balaban J connectivity index is 1.35. The fourth-order valence-corrected chi connectivity index (χ4v) is 4.12. The molecule has 2 aromatic rings. The Kier molecular flexibility index (Phi) is 5.99. The van der Waals surface area contributed by atoms with Gasteiger partial charge < -0.3 is 5.32 Å². The van der Waals surface area contributed by atoms with E-state index in [0.717, 1.165) is 38.0 Å². The molecule has 4 nitrogen and oxygen atoms in total. The summed E-state index contributed by atoms with van der Waals surface area (Å²) in [4.78, 5) is 19.0. The van der Waals surface area contributed by atoms with Gasteiger partial charge in [0.05, 0.1) is 11.6 Å². The maximum absolute atomic E-state index is 12.1. The van der Waals surface area contributed by atoms with Gasteiger partial charge >= 0.3 is 0 Å². The van der Waals surface area contributed by atoms with Crippen molar-refractivity contribution in [2.45, 2.75) is 32.1 Å². The van der Waals surface area contributed by atoms with E-state index in [-0.39, 0.29) is 5.91 Å². The van der Waals surface area contributed by atoms with Crippen molar-refractivity contribution in [1.82, 2.24) is 15.2 Å². The summed E-state index contributed by atoms with van der Waals surface area (Å²) in [5.41, 5.74) is 2.38. The number of benzene rings is 1. The Hall–Kier alpha value is -1.72. The average Bonchev–Trinajstić information content (AvgIpc) is 3.03. The molecule has 0 unspecified atom stereocenters. The molecule has 0 bridgehead atoms. The summed E-state index contributed by atoms with van der Waals surface area (Å²) in [5, 5.41) is 6.42. The third-order valence-electron chi connectivity index (χ3n) is 4.52. The van der Waals surface area contributed by atoms with Crippen LogP contribution in [0.4, 0.5) is 0 Å². The molecule has 1 aliphatic heterocycles. The molecule has 1 aromatic carbocycles. The van der Waals surface area contributed by atoms with Crippen LogP contribution in [0.5, 0.6) is 0 Å². The number of aryl methyl sites for hydroxylation is 1. The second kappa shape index (κ2) is 8.40. The molecule has 1 fully saturated rings. The van der Waals surface area contributed by atoms with Crippen molar-refractivity contribution in [3.8, 4) is 0 Å². The quantitative estimate of drug-likeness (QED) is 0.877. The summed E-state index contributed by atoms with van der Waals surface area (Å²) >= 11 is 1.77. The van der Waals surface area contributed by atoms with Crippen molar-refractivity contribution in [2.75, 3.05) is 26.2 Å². The van der Waals surface area contributed by atoms with E-state index in [9.17, 15) is 4.79 Å². The molecule has 1 aliphatic rings. The second-order valence-corrected chi connectivity index (χ2v) is 7.35. The topological polar surface area (TPSA) is 45.2 Å². The lowest BCUT2D eigenvalue weighted by Crippen LogP contribution is -2.41. The third-order valence-corrected chi connectivity index (χ3v) is 5.64. The number of hydrogen-bond acceptors (Lipinski definition) is 4. The molecule has 5 heteroatoms. The van der Waals surface area contributed by atoms with Gasteiger partial charge in [-0.15, -0.1) is 11.3 Å². The second-order valence-electron chi connectivity index (χ2n) is 6.46. The van der Waals surface area contributed by atoms with Crippen LogP contribution in [0.25, 0.3) is 0 Å². The zero-order chi connectivity index (χ0) is 16.8. The predicted octanol–water partition coefficient (Wildman–Crippen LogP) is 2.99. The van der Waals surface area contributed by atoms with Gasteiger partial charge in [0.25, 0.3) is 0 Å². The van der Waals surface area contributed by atoms with Crippen LogP contribution >= 0.6 is 11.3 Å². The van der Waals surface area contributed by atoms with Crippen LogP contribution < -0.4 is 5.32 Å². The Morgan fingerprint density at radius 3 is 2.71 bits per heavy atom. The summed E-state index contributed by atoms with van der Waals surface area (Å²) in [7, 11) is 0. The molecule has 128 valence electrons. The van der Waals surface area contributed by atoms with Crippen LogP contribution in [-0.4, -0.2) is 42.0 Å². The Bertz CT molecular complexity index is 648. The first-order chi connectivity index (χ1) is 11.7. The van der Waals surface area contributed by atoms with E-state index >= 15 is 0 Å². The van der Waals surface area contributed by atoms with Gasteiger partial charge in [-0.25, -0.2) is 4.98 Å². The molecular weight excluding hydrogens is 318 g/mol. The van der Waals surface area contributed by atoms with Crippen molar-refractivity contribution in [3.05, 3.63) is 52.0 Å². The van der Waals surface area contributed by atoms with E-state index in [2.05, 4.69) is 39.6 Å². The van der Waals surface area contributed by atoms with Gasteiger partial charge in [0, 0.05) is 23.5 Å². The predicted molar refractivity (Wildman–Crippen MR) is 98.4 cm³/mol. The number of aromatic nitrogens is 1. The lowest BCUT2D eigenvalue weighted by molar-refractivity contribution is -0.122. The number of likely N-dealkylation sites (tertiary alicyclic amines) is 1. The first kappa shape index (κ1) is 17.1. The van der Waals surface area contributed by atoms with Gasteiger partial charge in [0.1, 0.15) is 0 Å². The van der Waals surface area contributed by atoms with Crippen molar-refractivity contribution >= 4 is 17.2 Å². The van der Waals surface area contributed by atoms with E-state index in [1.165, 1.54) is 10.6 Å². The molecule has 1 aromatic heterocycles. The molecule has 0 saturated carbocycles. The SMILES string of the molecule is Cc1csc(C2CCN(CC(=O)NCCc3ccccc3)CC2)n1. The van der Waals surface area contributed by atoms with Crippen molar-refractivity contribution in [1.29, 1.82) is 0 Å². The minimum Gasteiger partial charge on any atom is -0.355 e. The molecule has 24 heavy (non-hydrogen) atoms. The zero-order valence-corrected chi connectivity index (χ0v) is 15.0. The van der Waals surface area contributed by atoms with Crippen LogP contribution in [0.15, 0.2) is 35.7 Å². The summed E-state index contributed by atoms with van der Waals surface area (Å²) in [6.07, 6.45) is 3.09. The molecule has 0 radical (unpaired) electrons. The highest BCUT2D eigenvalue weighted by Gasteiger charge is 2.23. The third kappa shape index (κ3) is 4.89. The van der Waals surface area contributed by atoms with Gasteiger partial charge in [-0.05, 0) is 44.8 Å². The molecule has 1 saturated heterocycles. The number of nitrogens with zero attached hydrogens (tertiary/aromatic N) is 2. The molecule has 0 atom stereocenters. The monoisotopic (exact) mass is 343 g/mol. The number of hydrogen-bond donors (Lipinski definition) is 1. The highest BCUT2D eigenvalue weighted by molar-refractivity contribution is 7.09. The first-order valence-electron chi connectivity index (χ1n) is 8.66. The van der Waals surface area contributed by atoms with E-state index < -0.39 is 0 Å². The Morgan fingerprint density at radius 2 is 2.04 bits per heavy atom. The standard InChI is InChI=1S/C19H25N3OS/c1-15-14-24-19(21-15)17-8-11-22(12-9-17)13-18(23)20-10-7-16-5-3-2-4-6-16/h2-6,14,17H,7-13H2,1H3,(H,20,23). The Morgan fingerprint density at radius 1 is 1.29 bits per heavy atom. The Labute approximate surface area is 147 Å². The van der Waals surface area contributed by atoms with Crippen LogP contribution in [0.3, 0.4) is 0 Å². The van der Waals surface area contributed by atoms with E-state index in [4.69, 9.17) is 0 Å². The summed E-state index contributed by atoms with van der Waals surface area (Å²) in [5.74, 6) is 0.704. The van der Waals surface area contributed by atoms with Gasteiger partial charge in [0.15, 0.2) is 0 Å². The summed E-state index contributed by atoms with van der Waals surface area (Å²) in [6.45, 7) is 5.23. The smallest absolute Gasteiger partial charge is 0.234 e. The molecule has 1 amide bonds. The average molecular weight is 343 g/mol.